The average Bonchev–Trinajstić information content (AvgIpc) is 3.56. The van der Waals surface area contributed by atoms with Crippen LogP contribution in [0.25, 0.3) is 11.1 Å². The highest BCUT2D eigenvalue weighted by molar-refractivity contribution is 6.07. The van der Waals surface area contributed by atoms with Crippen LogP contribution in [0, 0.1) is 6.92 Å². The highest BCUT2D eigenvalue weighted by atomic mass is 16.5. The Hall–Kier alpha value is -4.36. The predicted octanol–water partition coefficient (Wildman–Crippen LogP) is 5.46. The summed E-state index contributed by atoms with van der Waals surface area (Å²) in [4.78, 5) is 33.7. The van der Waals surface area contributed by atoms with E-state index >= 15 is 0 Å². The number of rotatable bonds is 5. The minimum atomic E-state index is -0.0635. The van der Waals surface area contributed by atoms with Gasteiger partial charge in [-0.25, -0.2) is 0 Å². The maximum absolute atomic E-state index is 14.1. The lowest BCUT2D eigenvalue weighted by atomic mass is 9.97. The Morgan fingerprint density at radius 3 is 2.54 bits per heavy atom. The molecule has 3 aromatic carbocycles. The van der Waals surface area contributed by atoms with Crippen LogP contribution < -0.4 is 9.64 Å². The molecule has 2 aliphatic heterocycles. The van der Waals surface area contributed by atoms with Gasteiger partial charge < -0.3 is 24.0 Å². The topological polar surface area (TPSA) is 58.0 Å². The number of carbonyl (C=O) groups excluding carboxylic acids is 2. The fourth-order valence-corrected chi connectivity index (χ4v) is 6.17. The molecule has 0 radical (unpaired) electrons. The van der Waals surface area contributed by atoms with Gasteiger partial charge in [0.1, 0.15) is 11.4 Å². The highest BCUT2D eigenvalue weighted by Crippen LogP contribution is 2.32. The quantitative estimate of drug-likeness (QED) is 0.333. The van der Waals surface area contributed by atoms with E-state index in [0.29, 0.717) is 24.3 Å². The molecule has 1 saturated heterocycles. The predicted molar refractivity (Wildman–Crippen MR) is 162 cm³/mol. The first-order valence-corrected chi connectivity index (χ1v) is 14.1. The molecule has 2 amide bonds. The Labute approximate surface area is 241 Å². The van der Waals surface area contributed by atoms with E-state index in [0.717, 1.165) is 58.9 Å². The standard InChI is InChI=1S/C34H36N4O3/c1-23-18-25(12-14-30(23)24-9-7-10-29(19-24)41-4)33(39)38-22-28-13-15-32(34(40)36(3)27-16-17-35(2)21-27)37(28)20-26-8-5-6-11-31(26)38/h5-15,18-19,27H,16-17,20-22H2,1-4H3. The Kier molecular flexibility index (Phi) is 7.14. The van der Waals surface area contributed by atoms with Crippen molar-refractivity contribution in [2.45, 2.75) is 32.5 Å². The third-order valence-corrected chi connectivity index (χ3v) is 8.55. The van der Waals surface area contributed by atoms with Crippen molar-refractivity contribution in [3.05, 3.63) is 107 Å². The number of anilines is 1. The van der Waals surface area contributed by atoms with Crippen LogP contribution in [0.15, 0.2) is 78.9 Å². The zero-order chi connectivity index (χ0) is 28.7. The number of likely N-dealkylation sites (tertiary alicyclic amines) is 1. The van der Waals surface area contributed by atoms with E-state index in [2.05, 4.69) is 16.5 Å². The van der Waals surface area contributed by atoms with Crippen molar-refractivity contribution in [1.82, 2.24) is 14.4 Å². The second-order valence-electron chi connectivity index (χ2n) is 11.2. The fraction of sp³-hybridized carbons (Fsp3) is 0.294. The zero-order valence-electron chi connectivity index (χ0n) is 24.1. The number of aryl methyl sites for hydroxylation is 1. The van der Waals surface area contributed by atoms with Crippen LogP contribution in [0.4, 0.5) is 5.69 Å². The molecule has 4 aromatic rings. The van der Waals surface area contributed by atoms with Gasteiger partial charge in [-0.2, -0.15) is 0 Å². The number of likely N-dealkylation sites (N-methyl/N-ethyl adjacent to an activating group) is 2. The van der Waals surface area contributed by atoms with E-state index in [4.69, 9.17) is 4.74 Å². The molecule has 0 spiro atoms. The number of aromatic nitrogens is 1. The first kappa shape index (κ1) is 26.8. The van der Waals surface area contributed by atoms with Gasteiger partial charge in [-0.3, -0.25) is 9.59 Å². The minimum Gasteiger partial charge on any atom is -0.497 e. The number of amides is 2. The molecule has 2 aliphatic rings. The SMILES string of the molecule is COc1cccc(-c2ccc(C(=O)N3Cc4ccc(C(=O)N(C)C5CCN(C)C5)n4Cc4ccccc43)cc2C)c1. The maximum atomic E-state index is 14.1. The third kappa shape index (κ3) is 5.02. The summed E-state index contributed by atoms with van der Waals surface area (Å²) < 4.78 is 7.49. The average molecular weight is 549 g/mol. The van der Waals surface area contributed by atoms with Crippen LogP contribution in [0.2, 0.25) is 0 Å². The molecule has 6 rings (SSSR count). The number of fused-ring (bicyclic) bond motifs is 2. The molecule has 1 fully saturated rings. The summed E-state index contributed by atoms with van der Waals surface area (Å²) in [7, 11) is 5.66. The molecular formula is C34H36N4O3. The number of para-hydroxylation sites is 1. The first-order valence-electron chi connectivity index (χ1n) is 14.1. The molecule has 1 aromatic heterocycles. The van der Waals surface area contributed by atoms with Crippen LogP contribution in [0.5, 0.6) is 5.75 Å². The molecule has 7 heteroatoms. The molecule has 210 valence electrons. The summed E-state index contributed by atoms with van der Waals surface area (Å²) >= 11 is 0. The van der Waals surface area contributed by atoms with Crippen molar-refractivity contribution in [2.24, 2.45) is 0 Å². The molecule has 7 nitrogen and oxygen atoms in total. The third-order valence-electron chi connectivity index (χ3n) is 8.55. The highest BCUT2D eigenvalue weighted by Gasteiger charge is 2.31. The lowest BCUT2D eigenvalue weighted by Crippen LogP contribution is -2.39. The maximum Gasteiger partial charge on any atom is 0.270 e. The zero-order valence-corrected chi connectivity index (χ0v) is 24.1. The smallest absolute Gasteiger partial charge is 0.270 e. The monoisotopic (exact) mass is 548 g/mol. The molecule has 0 N–H and O–H groups in total. The van der Waals surface area contributed by atoms with E-state index in [1.54, 1.807) is 7.11 Å². The summed E-state index contributed by atoms with van der Waals surface area (Å²) in [5.41, 5.74) is 7.25. The Balaban J connectivity index is 1.32. The lowest BCUT2D eigenvalue weighted by Gasteiger charge is -2.25. The normalized spacial score (nSPS) is 16.6. The molecule has 3 heterocycles. The molecule has 1 unspecified atom stereocenters. The van der Waals surface area contributed by atoms with Gasteiger partial charge in [0.05, 0.1) is 20.2 Å². The van der Waals surface area contributed by atoms with Crippen LogP contribution in [0.1, 0.15) is 44.1 Å². The van der Waals surface area contributed by atoms with E-state index in [-0.39, 0.29) is 17.9 Å². The van der Waals surface area contributed by atoms with Crippen LogP contribution in [-0.2, 0) is 13.1 Å². The summed E-state index contributed by atoms with van der Waals surface area (Å²) in [5.74, 6) is 0.759. The van der Waals surface area contributed by atoms with E-state index in [1.165, 1.54) is 0 Å². The van der Waals surface area contributed by atoms with Crippen LogP contribution in [0.3, 0.4) is 0 Å². The van der Waals surface area contributed by atoms with Gasteiger partial charge in [-0.05, 0) is 91.7 Å². The van der Waals surface area contributed by atoms with Crippen molar-refractivity contribution >= 4 is 17.5 Å². The first-order chi connectivity index (χ1) is 19.8. The molecule has 0 saturated carbocycles. The largest absolute Gasteiger partial charge is 0.497 e. The van der Waals surface area contributed by atoms with Gasteiger partial charge in [0, 0.05) is 36.6 Å². The van der Waals surface area contributed by atoms with E-state index in [9.17, 15) is 9.59 Å². The number of benzene rings is 3. The summed E-state index contributed by atoms with van der Waals surface area (Å²) in [6.45, 7) is 4.84. The Morgan fingerprint density at radius 1 is 0.951 bits per heavy atom. The van der Waals surface area contributed by atoms with Gasteiger partial charge in [-0.15, -0.1) is 0 Å². The fourth-order valence-electron chi connectivity index (χ4n) is 6.17. The number of ether oxygens (including phenoxy) is 1. The number of methoxy groups -OCH3 is 1. The van der Waals surface area contributed by atoms with Gasteiger partial charge in [0.25, 0.3) is 11.8 Å². The Bertz CT molecular complexity index is 1620. The van der Waals surface area contributed by atoms with Crippen LogP contribution >= 0.6 is 0 Å². The van der Waals surface area contributed by atoms with Crippen molar-refractivity contribution in [1.29, 1.82) is 0 Å². The summed E-state index contributed by atoms with van der Waals surface area (Å²) in [6, 6.07) is 25.9. The second kappa shape index (κ2) is 10.9. The van der Waals surface area contributed by atoms with Crippen molar-refractivity contribution in [3.8, 4) is 16.9 Å². The van der Waals surface area contributed by atoms with Crippen molar-refractivity contribution in [3.63, 3.8) is 0 Å². The van der Waals surface area contributed by atoms with Gasteiger partial charge in [-0.1, -0.05) is 36.4 Å². The van der Waals surface area contributed by atoms with Gasteiger partial charge in [0.2, 0.25) is 0 Å². The number of nitrogens with zero attached hydrogens (tertiary/aromatic N) is 4. The molecule has 1 atom stereocenters. The van der Waals surface area contributed by atoms with Crippen molar-refractivity contribution in [2.75, 3.05) is 39.2 Å². The number of carbonyl (C=O) groups is 2. The number of hydrogen-bond donors (Lipinski definition) is 0. The number of hydrogen-bond acceptors (Lipinski definition) is 4. The lowest BCUT2D eigenvalue weighted by molar-refractivity contribution is 0.0726. The van der Waals surface area contributed by atoms with Gasteiger partial charge >= 0.3 is 0 Å². The van der Waals surface area contributed by atoms with E-state index < -0.39 is 0 Å². The molecule has 0 bridgehead atoms. The second-order valence-corrected chi connectivity index (χ2v) is 11.2. The summed E-state index contributed by atoms with van der Waals surface area (Å²) in [6.07, 6.45) is 0.980. The summed E-state index contributed by atoms with van der Waals surface area (Å²) in [5, 5.41) is 0. The molecular weight excluding hydrogens is 512 g/mol. The Morgan fingerprint density at radius 2 is 1.78 bits per heavy atom. The van der Waals surface area contributed by atoms with Crippen molar-refractivity contribution < 1.29 is 14.3 Å². The molecule has 0 aliphatic carbocycles. The van der Waals surface area contributed by atoms with Crippen LogP contribution in [-0.4, -0.2) is 66.5 Å². The minimum absolute atomic E-state index is 0.0255. The van der Waals surface area contributed by atoms with E-state index in [1.807, 2.05) is 103 Å². The molecule has 41 heavy (non-hydrogen) atoms. The van der Waals surface area contributed by atoms with Gasteiger partial charge in [0.15, 0.2) is 0 Å².